The topological polar surface area (TPSA) is 79.5 Å². The average Bonchev–Trinajstić information content (AvgIpc) is 3.33. The Morgan fingerprint density at radius 3 is 2.58 bits per heavy atom. The number of hydrogen-bond donors (Lipinski definition) is 1. The molecule has 1 aliphatic heterocycles. The monoisotopic (exact) mass is 448 g/mol. The molecule has 0 aliphatic carbocycles. The molecule has 1 aromatic carbocycles. The lowest BCUT2D eigenvalue weighted by molar-refractivity contribution is 0.0657. The van der Waals surface area contributed by atoms with Crippen LogP contribution in [-0.4, -0.2) is 68.1 Å². The molecule has 1 aliphatic rings. The minimum atomic E-state index is -0.0808. The Labute approximate surface area is 187 Å². The predicted octanol–water partition coefficient (Wildman–Crippen LogP) is 3.26. The Kier molecular flexibility index (Phi) is 8.06. The number of methoxy groups -OCH3 is 1. The number of halogens is 1. The maximum absolute atomic E-state index is 12.5. The van der Waals surface area contributed by atoms with E-state index in [1.165, 1.54) is 6.26 Å². The molecule has 0 bridgehead atoms. The van der Waals surface area contributed by atoms with Gasteiger partial charge in [-0.05, 0) is 43.7 Å². The highest BCUT2D eigenvalue weighted by Crippen LogP contribution is 2.36. The zero-order chi connectivity index (χ0) is 22.2. The van der Waals surface area contributed by atoms with Gasteiger partial charge in [0.2, 0.25) is 0 Å². The number of furan rings is 1. The summed E-state index contributed by atoms with van der Waals surface area (Å²) in [5, 5.41) is 3.84. The van der Waals surface area contributed by atoms with Crippen LogP contribution in [0.2, 0.25) is 5.02 Å². The number of hydrogen-bond acceptors (Lipinski definition) is 5. The number of aliphatic imine (C=N–C) groups is 1. The van der Waals surface area contributed by atoms with Gasteiger partial charge in [0.05, 0.1) is 31.5 Å². The van der Waals surface area contributed by atoms with Crippen molar-refractivity contribution in [3.63, 3.8) is 0 Å². The van der Waals surface area contributed by atoms with E-state index in [1.54, 1.807) is 24.1 Å². The van der Waals surface area contributed by atoms with Crippen molar-refractivity contribution in [3.05, 3.63) is 46.9 Å². The third-order valence-corrected chi connectivity index (χ3v) is 5.20. The molecule has 0 atom stereocenters. The van der Waals surface area contributed by atoms with Crippen LogP contribution < -0.4 is 14.8 Å². The Morgan fingerprint density at radius 2 is 1.97 bits per heavy atom. The molecule has 168 valence electrons. The van der Waals surface area contributed by atoms with Crippen LogP contribution in [0.15, 0.2) is 39.9 Å². The van der Waals surface area contributed by atoms with Gasteiger partial charge in [0.25, 0.3) is 5.91 Å². The van der Waals surface area contributed by atoms with Gasteiger partial charge in [-0.2, -0.15) is 0 Å². The third-order valence-electron chi connectivity index (χ3n) is 4.92. The van der Waals surface area contributed by atoms with Crippen LogP contribution in [0, 0.1) is 0 Å². The molecule has 2 heterocycles. The molecular formula is C22H29ClN4O4. The molecule has 1 saturated heterocycles. The van der Waals surface area contributed by atoms with Crippen LogP contribution in [0.4, 0.5) is 0 Å². The van der Waals surface area contributed by atoms with Crippen molar-refractivity contribution < 1.29 is 18.7 Å². The number of benzene rings is 1. The highest BCUT2D eigenvalue weighted by molar-refractivity contribution is 6.32. The largest absolute Gasteiger partial charge is 0.493 e. The van der Waals surface area contributed by atoms with Gasteiger partial charge in [-0.15, -0.1) is 0 Å². The van der Waals surface area contributed by atoms with Crippen molar-refractivity contribution in [3.8, 4) is 11.5 Å². The third kappa shape index (κ3) is 5.64. The Bertz CT molecular complexity index is 893. The first-order valence-corrected chi connectivity index (χ1v) is 10.8. The van der Waals surface area contributed by atoms with Crippen molar-refractivity contribution in [1.82, 2.24) is 15.1 Å². The lowest BCUT2D eigenvalue weighted by atomic mass is 10.2. The van der Waals surface area contributed by atoms with Gasteiger partial charge < -0.3 is 29.0 Å². The average molecular weight is 449 g/mol. The first-order chi connectivity index (χ1) is 15.1. The molecule has 9 heteroatoms. The molecule has 2 aromatic rings. The second-order valence-electron chi connectivity index (χ2n) is 6.97. The standard InChI is InChI=1S/C22H29ClN4O4/c1-4-24-22(25-15-16-13-17(23)20(30-5-2)19(14-16)29-3)27-10-8-26(9-11-27)21(28)18-7-6-12-31-18/h6-7,12-14H,4-5,8-11,15H2,1-3H3,(H,24,25). The van der Waals surface area contributed by atoms with Crippen LogP contribution in [0.1, 0.15) is 30.0 Å². The summed E-state index contributed by atoms with van der Waals surface area (Å²) in [5.41, 5.74) is 0.923. The van der Waals surface area contributed by atoms with E-state index in [4.69, 9.17) is 30.5 Å². The van der Waals surface area contributed by atoms with Gasteiger partial charge in [-0.3, -0.25) is 4.79 Å². The molecule has 3 rings (SSSR count). The first-order valence-electron chi connectivity index (χ1n) is 10.4. The van der Waals surface area contributed by atoms with Crippen LogP contribution in [0.5, 0.6) is 11.5 Å². The number of carbonyl (C=O) groups excluding carboxylic acids is 1. The first kappa shape index (κ1) is 22.8. The number of nitrogens with one attached hydrogen (secondary N) is 1. The van der Waals surface area contributed by atoms with Crippen LogP contribution in [0.25, 0.3) is 0 Å². The van der Waals surface area contributed by atoms with Gasteiger partial charge in [-0.25, -0.2) is 4.99 Å². The molecule has 8 nitrogen and oxygen atoms in total. The van der Waals surface area contributed by atoms with E-state index in [0.717, 1.165) is 18.1 Å². The SMILES string of the molecule is CCNC(=NCc1cc(Cl)c(OCC)c(OC)c1)N1CCN(C(=O)c2ccco2)CC1. The van der Waals surface area contributed by atoms with Crippen LogP contribution in [0.3, 0.4) is 0 Å². The normalized spacial score (nSPS) is 14.5. The maximum atomic E-state index is 12.5. The van der Waals surface area contributed by atoms with Gasteiger partial charge in [0.15, 0.2) is 23.2 Å². The smallest absolute Gasteiger partial charge is 0.289 e. The van der Waals surface area contributed by atoms with E-state index in [0.29, 0.717) is 61.6 Å². The maximum Gasteiger partial charge on any atom is 0.289 e. The van der Waals surface area contributed by atoms with Crippen molar-refractivity contribution in [1.29, 1.82) is 0 Å². The highest BCUT2D eigenvalue weighted by atomic mass is 35.5. The molecule has 0 spiro atoms. The molecule has 1 fully saturated rings. The van der Waals surface area contributed by atoms with Crippen molar-refractivity contribution in [2.24, 2.45) is 4.99 Å². The van der Waals surface area contributed by atoms with E-state index in [1.807, 2.05) is 26.0 Å². The van der Waals surface area contributed by atoms with Gasteiger partial charge in [0.1, 0.15) is 0 Å². The zero-order valence-corrected chi connectivity index (χ0v) is 18.9. The van der Waals surface area contributed by atoms with Crippen molar-refractivity contribution in [2.45, 2.75) is 20.4 Å². The Balaban J connectivity index is 1.67. The summed E-state index contributed by atoms with van der Waals surface area (Å²) in [6, 6.07) is 7.16. The molecule has 0 saturated carbocycles. The fraction of sp³-hybridized carbons (Fsp3) is 0.455. The van der Waals surface area contributed by atoms with E-state index >= 15 is 0 Å². The zero-order valence-electron chi connectivity index (χ0n) is 18.2. The van der Waals surface area contributed by atoms with Gasteiger partial charge >= 0.3 is 0 Å². The quantitative estimate of drug-likeness (QED) is 0.517. The van der Waals surface area contributed by atoms with Gasteiger partial charge in [-0.1, -0.05) is 11.6 Å². The number of carbonyl (C=O) groups is 1. The number of guanidine groups is 1. The summed E-state index contributed by atoms with van der Waals surface area (Å²) < 4.78 is 16.2. The van der Waals surface area contributed by atoms with E-state index in [-0.39, 0.29) is 5.91 Å². The number of piperazine rings is 1. The summed E-state index contributed by atoms with van der Waals surface area (Å²) in [4.78, 5) is 21.2. The van der Waals surface area contributed by atoms with E-state index < -0.39 is 0 Å². The number of amides is 1. The minimum Gasteiger partial charge on any atom is -0.493 e. The van der Waals surface area contributed by atoms with Gasteiger partial charge in [0, 0.05) is 32.7 Å². The Hall–Kier alpha value is -2.87. The fourth-order valence-corrected chi connectivity index (χ4v) is 3.71. The Morgan fingerprint density at radius 1 is 1.23 bits per heavy atom. The van der Waals surface area contributed by atoms with Crippen LogP contribution in [-0.2, 0) is 6.54 Å². The van der Waals surface area contributed by atoms with E-state index in [9.17, 15) is 4.79 Å². The molecule has 31 heavy (non-hydrogen) atoms. The summed E-state index contributed by atoms with van der Waals surface area (Å²) >= 11 is 6.38. The molecule has 1 aromatic heterocycles. The molecule has 1 amide bonds. The summed E-state index contributed by atoms with van der Waals surface area (Å²) in [5.74, 6) is 2.23. The van der Waals surface area contributed by atoms with Crippen LogP contribution >= 0.6 is 11.6 Å². The lowest BCUT2D eigenvalue weighted by Crippen LogP contribution is -2.53. The predicted molar refractivity (Wildman–Crippen MR) is 120 cm³/mol. The molecular weight excluding hydrogens is 420 g/mol. The molecule has 0 unspecified atom stereocenters. The highest BCUT2D eigenvalue weighted by Gasteiger charge is 2.25. The summed E-state index contributed by atoms with van der Waals surface area (Å²) in [6.45, 7) is 8.21. The number of ether oxygens (including phenoxy) is 2. The lowest BCUT2D eigenvalue weighted by Gasteiger charge is -2.36. The summed E-state index contributed by atoms with van der Waals surface area (Å²) in [6.07, 6.45) is 1.52. The summed E-state index contributed by atoms with van der Waals surface area (Å²) in [7, 11) is 1.59. The second-order valence-corrected chi connectivity index (χ2v) is 7.38. The second kappa shape index (κ2) is 10.9. The molecule has 1 N–H and O–H groups in total. The number of nitrogens with zero attached hydrogens (tertiary/aromatic N) is 3. The fourth-order valence-electron chi connectivity index (χ4n) is 3.42. The minimum absolute atomic E-state index is 0.0808. The molecule has 0 radical (unpaired) electrons. The number of rotatable bonds is 7. The van der Waals surface area contributed by atoms with Crippen molar-refractivity contribution in [2.75, 3.05) is 46.4 Å². The van der Waals surface area contributed by atoms with E-state index in [2.05, 4.69) is 10.2 Å². The van der Waals surface area contributed by atoms with Crippen molar-refractivity contribution >= 4 is 23.5 Å².